The van der Waals surface area contributed by atoms with Crippen molar-refractivity contribution in [2.24, 2.45) is 28.9 Å². The highest BCUT2D eigenvalue weighted by molar-refractivity contribution is 9.10. The number of urea groups is 1. The Morgan fingerprint density at radius 3 is 2.28 bits per heavy atom. The molecule has 4 aliphatic rings. The minimum absolute atomic E-state index is 0.00758. The van der Waals surface area contributed by atoms with Crippen molar-refractivity contribution in [1.82, 2.24) is 5.32 Å². The van der Waals surface area contributed by atoms with Crippen LogP contribution in [0.25, 0.3) is 0 Å². The summed E-state index contributed by atoms with van der Waals surface area (Å²) in [6.07, 6.45) is 6.19. The zero-order valence-corrected chi connectivity index (χ0v) is 16.4. The summed E-state index contributed by atoms with van der Waals surface area (Å²) in [6, 6.07) is -0.936. The van der Waals surface area contributed by atoms with E-state index < -0.39 is 18.0 Å². The van der Waals surface area contributed by atoms with Gasteiger partial charge < -0.3 is 10.5 Å². The van der Waals surface area contributed by atoms with Gasteiger partial charge in [-0.3, -0.25) is 14.9 Å². The van der Waals surface area contributed by atoms with Gasteiger partial charge in [-0.2, -0.15) is 0 Å². The van der Waals surface area contributed by atoms with Gasteiger partial charge in [0.2, 0.25) is 0 Å². The number of alkyl halides is 1. The highest BCUT2D eigenvalue weighted by atomic mass is 79.9. The monoisotopic (exact) mass is 414 g/mol. The molecule has 7 heteroatoms. The van der Waals surface area contributed by atoms with Crippen molar-refractivity contribution >= 4 is 33.8 Å². The number of nitrogens with two attached hydrogens (primary N) is 1. The number of imide groups is 1. The van der Waals surface area contributed by atoms with Gasteiger partial charge >= 0.3 is 12.0 Å². The number of esters is 1. The first kappa shape index (κ1) is 18.7. The predicted molar refractivity (Wildman–Crippen MR) is 95.8 cm³/mol. The lowest BCUT2D eigenvalue weighted by atomic mass is 9.49. The van der Waals surface area contributed by atoms with Gasteiger partial charge in [-0.05, 0) is 61.7 Å². The number of nitrogens with one attached hydrogen (secondary N) is 1. The van der Waals surface area contributed by atoms with Crippen LogP contribution in [-0.4, -0.2) is 28.3 Å². The first-order valence-corrected chi connectivity index (χ1v) is 9.88. The summed E-state index contributed by atoms with van der Waals surface area (Å²) in [5, 5.41) is 2.01. The zero-order chi connectivity index (χ0) is 18.4. The van der Waals surface area contributed by atoms with E-state index in [4.69, 9.17) is 10.5 Å². The van der Waals surface area contributed by atoms with E-state index in [1.165, 1.54) is 19.3 Å². The maximum absolute atomic E-state index is 12.6. The Bertz CT molecular complexity index is 578. The molecule has 3 amide bonds. The van der Waals surface area contributed by atoms with Crippen molar-refractivity contribution in [3.8, 4) is 0 Å². The molecule has 25 heavy (non-hydrogen) atoms. The Kier molecular flexibility index (Phi) is 4.90. The minimum atomic E-state index is -0.994. The number of primary amides is 1. The van der Waals surface area contributed by atoms with Gasteiger partial charge in [-0.25, -0.2) is 4.79 Å². The highest BCUT2D eigenvalue weighted by Gasteiger charge is 2.57. The molecule has 0 aromatic heterocycles. The number of rotatable bonds is 5. The van der Waals surface area contributed by atoms with E-state index in [-0.39, 0.29) is 21.6 Å². The summed E-state index contributed by atoms with van der Waals surface area (Å²) >= 11 is 3.94. The summed E-state index contributed by atoms with van der Waals surface area (Å²) in [5.41, 5.74) is 4.99. The fourth-order valence-electron chi connectivity index (χ4n) is 5.72. The normalized spacial score (nSPS) is 37.0. The highest BCUT2D eigenvalue weighted by Crippen LogP contribution is 2.65. The third kappa shape index (κ3) is 4.01. The molecule has 0 spiro atoms. The van der Waals surface area contributed by atoms with Gasteiger partial charge in [-0.1, -0.05) is 29.8 Å². The molecule has 3 N–H and O–H groups in total. The van der Waals surface area contributed by atoms with Gasteiger partial charge in [0.15, 0.2) is 6.10 Å². The van der Waals surface area contributed by atoms with Crippen molar-refractivity contribution < 1.29 is 19.1 Å². The molecular weight excluding hydrogens is 388 g/mol. The molecule has 4 aliphatic carbocycles. The van der Waals surface area contributed by atoms with Crippen LogP contribution in [-0.2, 0) is 14.3 Å². The van der Waals surface area contributed by atoms with Crippen molar-refractivity contribution in [3.05, 3.63) is 0 Å². The van der Waals surface area contributed by atoms with Gasteiger partial charge in [0.05, 0.1) is 6.42 Å². The summed E-state index contributed by atoms with van der Waals surface area (Å²) in [4.78, 5) is 35.6. The van der Waals surface area contributed by atoms with Crippen molar-refractivity contribution in [2.75, 3.05) is 0 Å². The second kappa shape index (κ2) is 6.56. The molecule has 0 unspecified atom stereocenters. The van der Waals surface area contributed by atoms with E-state index in [1.807, 2.05) is 5.32 Å². The van der Waals surface area contributed by atoms with E-state index >= 15 is 0 Å². The molecule has 4 rings (SSSR count). The quantitative estimate of drug-likeness (QED) is 0.533. The van der Waals surface area contributed by atoms with Gasteiger partial charge in [0.1, 0.15) is 0 Å². The van der Waals surface area contributed by atoms with Crippen LogP contribution in [0, 0.1) is 23.2 Å². The summed E-state index contributed by atoms with van der Waals surface area (Å²) in [7, 11) is 0. The molecular formula is C18H27BrN2O4. The first-order chi connectivity index (χ1) is 11.6. The number of hydrogen-bond acceptors (Lipinski definition) is 4. The standard InChI is InChI=1S/C18H27BrN2O4/c1-10(2)14(15(23)21-16(20)24)25-13(22)8-17-4-11-3-12(5-17)7-18(19,6-11)9-17/h10-12,14H,3-9H2,1-2H3,(H3,20,21,23,24)/t11-,12-,14+,17?,18?/m0/s1. The first-order valence-electron chi connectivity index (χ1n) is 9.08. The number of halogens is 1. The molecule has 0 saturated heterocycles. The van der Waals surface area contributed by atoms with Crippen LogP contribution in [0.15, 0.2) is 0 Å². The predicted octanol–water partition coefficient (Wildman–Crippen LogP) is 2.87. The van der Waals surface area contributed by atoms with Crippen LogP contribution < -0.4 is 11.1 Å². The van der Waals surface area contributed by atoms with E-state index in [1.54, 1.807) is 13.8 Å². The Labute approximate surface area is 156 Å². The average molecular weight is 415 g/mol. The molecule has 140 valence electrons. The lowest BCUT2D eigenvalue weighted by Crippen LogP contribution is -2.53. The number of carbonyl (C=O) groups is 3. The van der Waals surface area contributed by atoms with Crippen molar-refractivity contribution in [2.45, 2.75) is 69.2 Å². The molecule has 4 fully saturated rings. The lowest BCUT2D eigenvalue weighted by molar-refractivity contribution is -0.163. The maximum atomic E-state index is 12.6. The second-order valence-corrected chi connectivity index (χ2v) is 10.5. The number of carbonyl (C=O) groups excluding carboxylic acids is 3. The Balaban J connectivity index is 1.65. The molecule has 0 aliphatic heterocycles. The molecule has 0 aromatic rings. The molecule has 0 heterocycles. The Morgan fingerprint density at radius 1 is 1.20 bits per heavy atom. The minimum Gasteiger partial charge on any atom is -0.452 e. The zero-order valence-electron chi connectivity index (χ0n) is 14.8. The Hall–Kier alpha value is -1.11. The van der Waals surface area contributed by atoms with Gasteiger partial charge in [-0.15, -0.1) is 0 Å². The smallest absolute Gasteiger partial charge is 0.318 e. The maximum Gasteiger partial charge on any atom is 0.318 e. The summed E-state index contributed by atoms with van der Waals surface area (Å²) < 4.78 is 5.65. The SMILES string of the molecule is CC(C)[C@@H](OC(=O)CC12C[C@@H]3C[C@H](CC(Br)(C3)C1)C2)C(=O)NC(N)=O. The van der Waals surface area contributed by atoms with E-state index in [0.29, 0.717) is 18.3 Å². The van der Waals surface area contributed by atoms with Crippen molar-refractivity contribution in [1.29, 1.82) is 0 Å². The average Bonchev–Trinajstić information content (AvgIpc) is 2.40. The number of amides is 3. The van der Waals surface area contributed by atoms with Gasteiger partial charge in [0.25, 0.3) is 5.91 Å². The number of hydrogen-bond donors (Lipinski definition) is 2. The Morgan fingerprint density at radius 2 is 1.80 bits per heavy atom. The second-order valence-electron chi connectivity index (χ2n) is 8.80. The van der Waals surface area contributed by atoms with E-state index in [0.717, 1.165) is 19.3 Å². The summed E-state index contributed by atoms with van der Waals surface area (Å²) in [5.74, 6) is 0.136. The third-order valence-corrected chi connectivity index (χ3v) is 6.93. The fourth-order valence-corrected chi connectivity index (χ4v) is 7.23. The van der Waals surface area contributed by atoms with Crippen LogP contribution in [0.5, 0.6) is 0 Å². The van der Waals surface area contributed by atoms with Crippen LogP contribution in [0.3, 0.4) is 0 Å². The summed E-state index contributed by atoms with van der Waals surface area (Å²) in [6.45, 7) is 3.55. The van der Waals surface area contributed by atoms with Crippen molar-refractivity contribution in [3.63, 3.8) is 0 Å². The molecule has 4 bridgehead atoms. The lowest BCUT2D eigenvalue weighted by Gasteiger charge is -2.60. The van der Waals surface area contributed by atoms with Crippen LogP contribution >= 0.6 is 15.9 Å². The third-order valence-electron chi connectivity index (χ3n) is 6.00. The topological polar surface area (TPSA) is 98.5 Å². The molecule has 4 saturated carbocycles. The largest absolute Gasteiger partial charge is 0.452 e. The van der Waals surface area contributed by atoms with Gasteiger partial charge in [0, 0.05) is 4.32 Å². The molecule has 0 aromatic carbocycles. The molecule has 0 radical (unpaired) electrons. The fraction of sp³-hybridized carbons (Fsp3) is 0.833. The molecule has 6 nitrogen and oxygen atoms in total. The van der Waals surface area contributed by atoms with Crippen LogP contribution in [0.2, 0.25) is 0 Å². The molecule has 3 atom stereocenters. The van der Waals surface area contributed by atoms with E-state index in [9.17, 15) is 14.4 Å². The van der Waals surface area contributed by atoms with E-state index in [2.05, 4.69) is 15.9 Å². The van der Waals surface area contributed by atoms with Crippen LogP contribution in [0.4, 0.5) is 4.79 Å². The number of ether oxygens (including phenoxy) is 1. The van der Waals surface area contributed by atoms with Crippen LogP contribution in [0.1, 0.15) is 58.8 Å².